The molecule has 1 fully saturated rings. The van der Waals surface area contributed by atoms with Crippen LogP contribution in [0.2, 0.25) is 0 Å². The van der Waals surface area contributed by atoms with E-state index in [4.69, 9.17) is 5.73 Å². The van der Waals surface area contributed by atoms with Crippen molar-refractivity contribution in [3.63, 3.8) is 0 Å². The monoisotopic (exact) mass is 248 g/mol. The zero-order chi connectivity index (χ0) is 12.3. The standard InChI is InChI=1S/C11H24N2O2S/c1-9(2)4-5-16(14,15)13-7-10(3)6-11(12)8-13/h9-11H,4-8,12H2,1-3H3. The smallest absolute Gasteiger partial charge is 0.214 e. The van der Waals surface area contributed by atoms with E-state index in [2.05, 4.69) is 6.92 Å². The van der Waals surface area contributed by atoms with Crippen molar-refractivity contribution < 1.29 is 8.42 Å². The van der Waals surface area contributed by atoms with Crippen LogP contribution in [-0.4, -0.2) is 37.6 Å². The molecule has 96 valence electrons. The summed E-state index contributed by atoms with van der Waals surface area (Å²) in [5.74, 6) is 1.05. The van der Waals surface area contributed by atoms with Gasteiger partial charge in [-0.15, -0.1) is 0 Å². The first-order valence-corrected chi connectivity index (χ1v) is 7.65. The largest absolute Gasteiger partial charge is 0.326 e. The number of nitrogens with two attached hydrogens (primary N) is 1. The minimum atomic E-state index is -3.09. The van der Waals surface area contributed by atoms with Crippen molar-refractivity contribution in [1.82, 2.24) is 4.31 Å². The average Bonchev–Trinajstić information content (AvgIpc) is 2.13. The highest BCUT2D eigenvalue weighted by atomic mass is 32.2. The lowest BCUT2D eigenvalue weighted by Crippen LogP contribution is -2.49. The molecule has 1 saturated heterocycles. The number of sulfonamides is 1. The molecule has 0 spiro atoms. The Morgan fingerprint density at radius 3 is 2.50 bits per heavy atom. The second kappa shape index (κ2) is 5.47. The molecular formula is C11H24N2O2S. The van der Waals surface area contributed by atoms with Crippen molar-refractivity contribution in [1.29, 1.82) is 0 Å². The van der Waals surface area contributed by atoms with Crippen molar-refractivity contribution in [3.8, 4) is 0 Å². The fourth-order valence-electron chi connectivity index (χ4n) is 2.09. The SMILES string of the molecule is CC(C)CCS(=O)(=O)N1CC(C)CC(N)C1. The van der Waals surface area contributed by atoms with E-state index in [0.717, 1.165) is 12.8 Å². The summed E-state index contributed by atoms with van der Waals surface area (Å²) < 4.78 is 25.7. The van der Waals surface area contributed by atoms with Crippen LogP contribution in [0.15, 0.2) is 0 Å². The van der Waals surface area contributed by atoms with Gasteiger partial charge in [0.15, 0.2) is 0 Å². The first-order chi connectivity index (χ1) is 7.31. The number of hydrogen-bond donors (Lipinski definition) is 1. The van der Waals surface area contributed by atoms with Crippen LogP contribution < -0.4 is 5.73 Å². The summed E-state index contributed by atoms with van der Waals surface area (Å²) in [6, 6.07) is -0.00225. The molecule has 0 aliphatic carbocycles. The quantitative estimate of drug-likeness (QED) is 0.808. The predicted molar refractivity (Wildman–Crippen MR) is 66.6 cm³/mol. The van der Waals surface area contributed by atoms with Crippen LogP contribution in [0.3, 0.4) is 0 Å². The molecule has 0 aromatic rings. The van der Waals surface area contributed by atoms with Crippen molar-refractivity contribution in [3.05, 3.63) is 0 Å². The fourth-order valence-corrected chi connectivity index (χ4v) is 4.02. The van der Waals surface area contributed by atoms with Gasteiger partial charge in [-0.05, 0) is 24.7 Å². The van der Waals surface area contributed by atoms with E-state index in [9.17, 15) is 8.42 Å². The molecule has 0 aromatic heterocycles. The predicted octanol–water partition coefficient (Wildman–Crippen LogP) is 1.03. The van der Waals surface area contributed by atoms with E-state index in [1.807, 2.05) is 13.8 Å². The van der Waals surface area contributed by atoms with E-state index >= 15 is 0 Å². The minimum absolute atomic E-state index is 0.00225. The Bertz CT molecular complexity index is 304. The van der Waals surface area contributed by atoms with Gasteiger partial charge < -0.3 is 5.73 Å². The highest BCUT2D eigenvalue weighted by molar-refractivity contribution is 7.89. The zero-order valence-electron chi connectivity index (χ0n) is 10.5. The van der Waals surface area contributed by atoms with Gasteiger partial charge in [-0.2, -0.15) is 0 Å². The van der Waals surface area contributed by atoms with Gasteiger partial charge in [-0.3, -0.25) is 0 Å². The van der Waals surface area contributed by atoms with Gasteiger partial charge in [0.25, 0.3) is 0 Å². The molecule has 4 nitrogen and oxygen atoms in total. The average molecular weight is 248 g/mol. The molecule has 2 N–H and O–H groups in total. The first-order valence-electron chi connectivity index (χ1n) is 6.04. The Labute approximate surface area is 99.2 Å². The number of nitrogens with zero attached hydrogens (tertiary/aromatic N) is 1. The molecule has 0 aromatic carbocycles. The second-order valence-electron chi connectivity index (χ2n) is 5.42. The van der Waals surface area contributed by atoms with Gasteiger partial charge in [0, 0.05) is 19.1 Å². The summed E-state index contributed by atoms with van der Waals surface area (Å²) in [6.07, 6.45) is 1.65. The first kappa shape index (κ1) is 13.9. The van der Waals surface area contributed by atoms with Crippen molar-refractivity contribution in [2.75, 3.05) is 18.8 Å². The zero-order valence-corrected chi connectivity index (χ0v) is 11.3. The molecule has 2 atom stereocenters. The van der Waals surface area contributed by atoms with E-state index in [-0.39, 0.29) is 11.8 Å². The van der Waals surface area contributed by atoms with Crippen LogP contribution >= 0.6 is 0 Å². The normalized spacial score (nSPS) is 28.6. The highest BCUT2D eigenvalue weighted by Gasteiger charge is 2.30. The second-order valence-corrected chi connectivity index (χ2v) is 7.50. The summed E-state index contributed by atoms with van der Waals surface area (Å²) in [5, 5.41) is 0. The van der Waals surface area contributed by atoms with Crippen molar-refractivity contribution >= 4 is 10.0 Å². The summed E-state index contributed by atoms with van der Waals surface area (Å²) in [7, 11) is -3.09. The topological polar surface area (TPSA) is 63.4 Å². The van der Waals surface area contributed by atoms with Crippen molar-refractivity contribution in [2.45, 2.75) is 39.7 Å². The van der Waals surface area contributed by atoms with Crippen LogP contribution in [0.25, 0.3) is 0 Å². The Morgan fingerprint density at radius 2 is 2.00 bits per heavy atom. The highest BCUT2D eigenvalue weighted by Crippen LogP contribution is 2.19. The maximum atomic E-state index is 12.1. The lowest BCUT2D eigenvalue weighted by molar-refractivity contribution is 0.254. The number of hydrogen-bond acceptors (Lipinski definition) is 3. The Kier molecular flexibility index (Phi) is 4.76. The van der Waals surface area contributed by atoms with E-state index in [1.54, 1.807) is 4.31 Å². The maximum Gasteiger partial charge on any atom is 0.214 e. The molecule has 0 radical (unpaired) electrons. The molecule has 0 bridgehead atoms. The molecule has 0 saturated carbocycles. The molecule has 5 heteroatoms. The van der Waals surface area contributed by atoms with E-state index < -0.39 is 10.0 Å². The third-order valence-corrected chi connectivity index (χ3v) is 4.84. The van der Waals surface area contributed by atoms with Crippen molar-refractivity contribution in [2.24, 2.45) is 17.6 Å². The molecule has 1 heterocycles. The Morgan fingerprint density at radius 1 is 1.38 bits per heavy atom. The maximum absolute atomic E-state index is 12.1. The summed E-state index contributed by atoms with van der Waals surface area (Å²) >= 11 is 0. The lowest BCUT2D eigenvalue weighted by Gasteiger charge is -2.34. The van der Waals surface area contributed by atoms with Crippen LogP contribution in [0.1, 0.15) is 33.6 Å². The Hall–Kier alpha value is -0.130. The fraction of sp³-hybridized carbons (Fsp3) is 1.00. The molecule has 1 aliphatic heterocycles. The van der Waals surface area contributed by atoms with Crippen LogP contribution in [0.4, 0.5) is 0 Å². The van der Waals surface area contributed by atoms with Crippen LogP contribution in [0.5, 0.6) is 0 Å². The molecular weight excluding hydrogens is 224 g/mol. The van der Waals surface area contributed by atoms with Gasteiger partial charge in [0.2, 0.25) is 10.0 Å². The number of rotatable bonds is 4. The molecule has 1 rings (SSSR count). The summed E-state index contributed by atoms with van der Waals surface area (Å²) in [5.41, 5.74) is 5.86. The van der Waals surface area contributed by atoms with Gasteiger partial charge in [-0.1, -0.05) is 20.8 Å². The molecule has 1 aliphatic rings. The lowest BCUT2D eigenvalue weighted by atomic mass is 9.99. The number of piperidine rings is 1. The van der Waals surface area contributed by atoms with Gasteiger partial charge >= 0.3 is 0 Å². The van der Waals surface area contributed by atoms with Crippen LogP contribution in [-0.2, 0) is 10.0 Å². The van der Waals surface area contributed by atoms with Gasteiger partial charge in [0.1, 0.15) is 0 Å². The molecule has 16 heavy (non-hydrogen) atoms. The van der Waals surface area contributed by atoms with Crippen LogP contribution in [0, 0.1) is 11.8 Å². The third-order valence-electron chi connectivity index (χ3n) is 3.01. The summed E-state index contributed by atoms with van der Waals surface area (Å²) in [4.78, 5) is 0. The van der Waals surface area contributed by atoms with E-state index in [0.29, 0.717) is 24.9 Å². The van der Waals surface area contributed by atoms with Gasteiger partial charge in [-0.25, -0.2) is 12.7 Å². The molecule has 0 amide bonds. The van der Waals surface area contributed by atoms with Gasteiger partial charge in [0.05, 0.1) is 5.75 Å². The third kappa shape index (κ3) is 4.03. The summed E-state index contributed by atoms with van der Waals surface area (Å²) in [6.45, 7) is 7.27. The molecule has 2 unspecified atom stereocenters. The minimum Gasteiger partial charge on any atom is -0.326 e. The van der Waals surface area contributed by atoms with E-state index in [1.165, 1.54) is 0 Å². The Balaban J connectivity index is 2.60.